The van der Waals surface area contributed by atoms with Gasteiger partial charge in [-0.2, -0.15) is 0 Å². The van der Waals surface area contributed by atoms with Gasteiger partial charge < -0.3 is 9.84 Å². The third kappa shape index (κ3) is 3.55. The summed E-state index contributed by atoms with van der Waals surface area (Å²) in [6.07, 6.45) is 2.50. The lowest BCUT2D eigenvalue weighted by Crippen LogP contribution is -2.14. The van der Waals surface area contributed by atoms with E-state index >= 15 is 0 Å². The Bertz CT molecular complexity index is 200. The fraction of sp³-hybridized carbons (Fsp3) is 0.778. The molecule has 0 aromatic heterocycles. The molecule has 1 aliphatic heterocycles. The summed E-state index contributed by atoms with van der Waals surface area (Å²) in [5.74, 6) is -0.617. The van der Waals surface area contributed by atoms with Crippen molar-refractivity contribution in [2.24, 2.45) is 0 Å². The molecule has 0 spiro atoms. The molecule has 4 nitrogen and oxygen atoms in total. The van der Waals surface area contributed by atoms with Crippen molar-refractivity contribution in [2.45, 2.75) is 38.2 Å². The molecule has 4 heteroatoms. The van der Waals surface area contributed by atoms with Crippen LogP contribution in [0.15, 0.2) is 0 Å². The summed E-state index contributed by atoms with van der Waals surface area (Å²) in [6, 6.07) is 0. The second kappa shape index (κ2) is 4.97. The number of ether oxygens (including phenoxy) is 1. The molecule has 1 aliphatic rings. The Labute approximate surface area is 76.9 Å². The first kappa shape index (κ1) is 10.2. The Hall–Kier alpha value is -0.900. The van der Waals surface area contributed by atoms with Crippen molar-refractivity contribution in [3.63, 3.8) is 0 Å². The highest BCUT2D eigenvalue weighted by Gasteiger charge is 2.24. The highest BCUT2D eigenvalue weighted by Crippen LogP contribution is 2.15. The number of carboxylic acids is 1. The van der Waals surface area contributed by atoms with Crippen molar-refractivity contribution in [1.82, 2.24) is 0 Å². The number of carboxylic acid groups (broad SMARTS) is 1. The number of Topliss-reactive ketones (excluding diaryl/α,β-unsaturated/α-hetero) is 1. The molecule has 0 aliphatic carbocycles. The maximum absolute atomic E-state index is 11.1. The zero-order chi connectivity index (χ0) is 9.68. The average molecular weight is 186 g/mol. The number of unbranched alkanes of at least 4 members (excludes halogenated alkanes) is 1. The Balaban J connectivity index is 2.05. The predicted molar refractivity (Wildman–Crippen MR) is 45.5 cm³/mol. The number of rotatable bonds is 5. The first-order valence-electron chi connectivity index (χ1n) is 4.56. The molecular weight excluding hydrogens is 172 g/mol. The monoisotopic (exact) mass is 186 g/mol. The lowest BCUT2D eigenvalue weighted by molar-refractivity contribution is -0.137. The van der Waals surface area contributed by atoms with E-state index in [2.05, 4.69) is 0 Å². The lowest BCUT2D eigenvalue weighted by Gasteiger charge is -2.06. The van der Waals surface area contributed by atoms with E-state index in [9.17, 15) is 9.59 Å². The van der Waals surface area contributed by atoms with Crippen molar-refractivity contribution >= 4 is 11.8 Å². The molecule has 0 aromatic carbocycles. The predicted octanol–water partition coefficient (Wildman–Crippen LogP) is 0.989. The van der Waals surface area contributed by atoms with Gasteiger partial charge in [-0.05, 0) is 19.3 Å². The molecule has 0 radical (unpaired) electrons. The molecule has 0 saturated carbocycles. The summed E-state index contributed by atoms with van der Waals surface area (Å²) >= 11 is 0. The van der Waals surface area contributed by atoms with E-state index in [4.69, 9.17) is 9.84 Å². The molecule has 1 fully saturated rings. The fourth-order valence-electron chi connectivity index (χ4n) is 1.41. The van der Waals surface area contributed by atoms with Crippen molar-refractivity contribution in [3.8, 4) is 0 Å². The number of hydrogen-bond donors (Lipinski definition) is 1. The zero-order valence-corrected chi connectivity index (χ0v) is 7.49. The van der Waals surface area contributed by atoms with Crippen LogP contribution in [0, 0.1) is 0 Å². The van der Waals surface area contributed by atoms with E-state index < -0.39 is 5.97 Å². The fourth-order valence-corrected chi connectivity index (χ4v) is 1.41. The highest BCUT2D eigenvalue weighted by atomic mass is 16.5. The molecule has 1 atom stereocenters. The van der Waals surface area contributed by atoms with E-state index in [1.807, 2.05) is 0 Å². The molecule has 1 unspecified atom stereocenters. The van der Waals surface area contributed by atoms with Crippen LogP contribution in [-0.2, 0) is 14.3 Å². The largest absolute Gasteiger partial charge is 0.481 e. The van der Waals surface area contributed by atoms with Crippen LogP contribution >= 0.6 is 0 Å². The average Bonchev–Trinajstić information content (AvgIpc) is 2.45. The molecule has 1 N–H and O–H groups in total. The van der Waals surface area contributed by atoms with E-state index in [1.165, 1.54) is 0 Å². The van der Waals surface area contributed by atoms with Crippen LogP contribution in [0.4, 0.5) is 0 Å². The molecule has 74 valence electrons. The van der Waals surface area contributed by atoms with Gasteiger partial charge in [0.1, 0.15) is 6.10 Å². The van der Waals surface area contributed by atoms with Gasteiger partial charge in [-0.15, -0.1) is 0 Å². The Morgan fingerprint density at radius 1 is 1.54 bits per heavy atom. The van der Waals surface area contributed by atoms with Crippen LogP contribution in [0.5, 0.6) is 0 Å². The van der Waals surface area contributed by atoms with Gasteiger partial charge >= 0.3 is 5.97 Å². The van der Waals surface area contributed by atoms with E-state index in [0.29, 0.717) is 25.9 Å². The van der Waals surface area contributed by atoms with Gasteiger partial charge in [0, 0.05) is 12.8 Å². The van der Waals surface area contributed by atoms with Gasteiger partial charge in [-0.1, -0.05) is 0 Å². The van der Waals surface area contributed by atoms with Gasteiger partial charge in [0.15, 0.2) is 5.78 Å². The maximum Gasteiger partial charge on any atom is 0.303 e. The number of aliphatic carboxylic acids is 1. The van der Waals surface area contributed by atoms with Crippen molar-refractivity contribution in [1.29, 1.82) is 0 Å². The molecule has 1 heterocycles. The van der Waals surface area contributed by atoms with Crippen LogP contribution in [0.25, 0.3) is 0 Å². The van der Waals surface area contributed by atoms with E-state index in [1.54, 1.807) is 0 Å². The van der Waals surface area contributed by atoms with Crippen LogP contribution < -0.4 is 0 Å². The van der Waals surface area contributed by atoms with Gasteiger partial charge in [0.2, 0.25) is 0 Å². The second-order valence-electron chi connectivity index (χ2n) is 3.22. The molecular formula is C9H14O4. The molecule has 1 rings (SSSR count). The van der Waals surface area contributed by atoms with Crippen molar-refractivity contribution < 1.29 is 19.4 Å². The number of ketones is 1. The second-order valence-corrected chi connectivity index (χ2v) is 3.22. The minimum absolute atomic E-state index is 0.162. The Morgan fingerprint density at radius 3 is 2.85 bits per heavy atom. The van der Waals surface area contributed by atoms with E-state index in [-0.39, 0.29) is 18.3 Å². The number of carbonyl (C=O) groups is 2. The number of carbonyl (C=O) groups excluding carboxylic acids is 1. The van der Waals surface area contributed by atoms with Crippen molar-refractivity contribution in [3.05, 3.63) is 0 Å². The minimum atomic E-state index is -0.779. The normalized spacial score (nSPS) is 22.2. The standard InChI is InChI=1S/C9H14O4/c10-7-5-6-13-8(7)3-1-2-4-9(11)12/h8H,1-6H2,(H,11,12). The molecule has 1 saturated heterocycles. The molecule has 0 aromatic rings. The van der Waals surface area contributed by atoms with Crippen molar-refractivity contribution in [2.75, 3.05) is 6.61 Å². The smallest absolute Gasteiger partial charge is 0.303 e. The van der Waals surface area contributed by atoms with Crippen LogP contribution in [0.2, 0.25) is 0 Å². The number of hydrogen-bond acceptors (Lipinski definition) is 3. The minimum Gasteiger partial charge on any atom is -0.481 e. The quantitative estimate of drug-likeness (QED) is 0.650. The first-order valence-corrected chi connectivity index (χ1v) is 4.56. The summed E-state index contributed by atoms with van der Waals surface area (Å²) in [5.41, 5.74) is 0. The summed E-state index contributed by atoms with van der Waals surface area (Å²) in [7, 11) is 0. The molecule has 13 heavy (non-hydrogen) atoms. The molecule has 0 bridgehead atoms. The van der Waals surface area contributed by atoms with Gasteiger partial charge in [0.05, 0.1) is 6.61 Å². The van der Waals surface area contributed by atoms with Crippen LogP contribution in [-0.4, -0.2) is 29.6 Å². The van der Waals surface area contributed by atoms with E-state index in [0.717, 1.165) is 6.42 Å². The van der Waals surface area contributed by atoms with Crippen LogP contribution in [0.3, 0.4) is 0 Å². The molecule has 0 amide bonds. The van der Waals surface area contributed by atoms with Crippen LogP contribution in [0.1, 0.15) is 32.1 Å². The highest BCUT2D eigenvalue weighted by molar-refractivity contribution is 5.84. The van der Waals surface area contributed by atoms with Gasteiger partial charge in [-0.3, -0.25) is 9.59 Å². The Morgan fingerprint density at radius 2 is 2.31 bits per heavy atom. The summed E-state index contributed by atoms with van der Waals surface area (Å²) in [5, 5.41) is 8.36. The van der Waals surface area contributed by atoms with Gasteiger partial charge in [-0.25, -0.2) is 0 Å². The summed E-state index contributed by atoms with van der Waals surface area (Å²) in [6.45, 7) is 0.530. The SMILES string of the molecule is O=C(O)CCCCC1OCCC1=O. The zero-order valence-electron chi connectivity index (χ0n) is 7.49. The topological polar surface area (TPSA) is 63.6 Å². The third-order valence-corrected chi connectivity index (χ3v) is 2.13. The lowest BCUT2D eigenvalue weighted by atomic mass is 10.1. The van der Waals surface area contributed by atoms with Gasteiger partial charge in [0.25, 0.3) is 0 Å². The maximum atomic E-state index is 11.1. The third-order valence-electron chi connectivity index (χ3n) is 2.13. The Kier molecular flexibility index (Phi) is 3.89. The summed E-state index contributed by atoms with van der Waals surface area (Å²) in [4.78, 5) is 21.2. The first-order chi connectivity index (χ1) is 6.20. The summed E-state index contributed by atoms with van der Waals surface area (Å²) < 4.78 is 5.18.